The lowest BCUT2D eigenvalue weighted by atomic mass is 10.0. The predicted molar refractivity (Wildman–Crippen MR) is 102 cm³/mol. The zero-order chi connectivity index (χ0) is 18.5. The second-order valence-corrected chi connectivity index (χ2v) is 6.23. The number of methoxy groups -OCH3 is 2. The van der Waals surface area contributed by atoms with Crippen LogP contribution in [0.25, 0.3) is 11.1 Å². The molecule has 1 amide bonds. The maximum absolute atomic E-state index is 12.4. The van der Waals surface area contributed by atoms with Crippen LogP contribution in [0.5, 0.6) is 11.5 Å². The van der Waals surface area contributed by atoms with Crippen molar-refractivity contribution in [2.45, 2.75) is 0 Å². The van der Waals surface area contributed by atoms with E-state index in [1.807, 2.05) is 23.6 Å². The van der Waals surface area contributed by atoms with E-state index < -0.39 is 0 Å². The molecule has 1 heterocycles. The summed E-state index contributed by atoms with van der Waals surface area (Å²) in [5.41, 5.74) is 2.52. The number of carbonyl (C=O) groups is 1. The molecule has 3 aromatic rings. The summed E-state index contributed by atoms with van der Waals surface area (Å²) in [6, 6.07) is 16.5. The van der Waals surface area contributed by atoms with Gasteiger partial charge in [0.25, 0.3) is 5.91 Å². The van der Waals surface area contributed by atoms with E-state index >= 15 is 0 Å². The lowest BCUT2D eigenvalue weighted by Crippen LogP contribution is -2.11. The van der Waals surface area contributed by atoms with Gasteiger partial charge in [0.15, 0.2) is 11.5 Å². The van der Waals surface area contributed by atoms with Gasteiger partial charge in [-0.2, -0.15) is 5.26 Å². The van der Waals surface area contributed by atoms with E-state index in [0.29, 0.717) is 27.6 Å². The fourth-order valence-corrected chi connectivity index (χ4v) is 3.46. The fourth-order valence-electron chi connectivity index (χ4n) is 2.54. The first-order valence-corrected chi connectivity index (χ1v) is 8.66. The number of hydrogen-bond acceptors (Lipinski definition) is 5. The van der Waals surface area contributed by atoms with Crippen molar-refractivity contribution in [1.29, 1.82) is 5.26 Å². The minimum absolute atomic E-state index is 0.247. The van der Waals surface area contributed by atoms with Crippen molar-refractivity contribution >= 4 is 22.2 Å². The Balaban J connectivity index is 1.94. The maximum Gasteiger partial charge on any atom is 0.256 e. The Morgan fingerprint density at radius 2 is 1.81 bits per heavy atom. The number of amides is 1. The molecule has 1 aromatic heterocycles. The van der Waals surface area contributed by atoms with E-state index in [2.05, 4.69) is 11.4 Å². The third kappa shape index (κ3) is 3.39. The van der Waals surface area contributed by atoms with Gasteiger partial charge in [-0.05, 0) is 29.8 Å². The number of ether oxygens (including phenoxy) is 2. The Labute approximate surface area is 155 Å². The monoisotopic (exact) mass is 364 g/mol. The molecule has 0 unspecified atom stereocenters. The number of benzene rings is 2. The van der Waals surface area contributed by atoms with Crippen molar-refractivity contribution in [1.82, 2.24) is 0 Å². The van der Waals surface area contributed by atoms with Crippen molar-refractivity contribution in [2.24, 2.45) is 0 Å². The molecule has 0 bridgehead atoms. The highest BCUT2D eigenvalue weighted by molar-refractivity contribution is 7.15. The minimum Gasteiger partial charge on any atom is -0.493 e. The molecule has 130 valence electrons. The highest BCUT2D eigenvalue weighted by atomic mass is 32.1. The summed E-state index contributed by atoms with van der Waals surface area (Å²) < 4.78 is 10.6. The molecule has 5 nitrogen and oxygen atoms in total. The number of anilines is 1. The fraction of sp³-hybridized carbons (Fsp3) is 0.100. The third-order valence-corrected chi connectivity index (χ3v) is 4.76. The van der Waals surface area contributed by atoms with Crippen molar-refractivity contribution in [3.8, 4) is 28.7 Å². The SMILES string of the molecule is COc1ccc(-c2csc(NC(=O)c3ccccc3)c2C#N)cc1OC. The Morgan fingerprint density at radius 1 is 1.08 bits per heavy atom. The normalized spacial score (nSPS) is 10.0. The molecule has 0 saturated carbocycles. The third-order valence-electron chi connectivity index (χ3n) is 3.86. The van der Waals surface area contributed by atoms with Gasteiger partial charge in [-0.15, -0.1) is 11.3 Å². The van der Waals surface area contributed by atoms with Crippen LogP contribution >= 0.6 is 11.3 Å². The first kappa shape index (κ1) is 17.5. The average Bonchev–Trinajstić information content (AvgIpc) is 3.10. The van der Waals surface area contributed by atoms with Crippen molar-refractivity contribution in [3.05, 3.63) is 65.0 Å². The zero-order valence-electron chi connectivity index (χ0n) is 14.3. The van der Waals surface area contributed by atoms with E-state index in [-0.39, 0.29) is 5.91 Å². The van der Waals surface area contributed by atoms with E-state index in [1.54, 1.807) is 44.6 Å². The number of hydrogen-bond donors (Lipinski definition) is 1. The summed E-state index contributed by atoms with van der Waals surface area (Å²) in [4.78, 5) is 12.4. The molecule has 0 aliphatic heterocycles. The maximum atomic E-state index is 12.4. The predicted octanol–water partition coefficient (Wildman–Crippen LogP) is 4.56. The highest BCUT2D eigenvalue weighted by Crippen LogP contribution is 2.38. The molecule has 1 N–H and O–H groups in total. The van der Waals surface area contributed by atoms with Crippen LogP contribution in [-0.4, -0.2) is 20.1 Å². The quantitative estimate of drug-likeness (QED) is 0.720. The van der Waals surface area contributed by atoms with Crippen molar-refractivity contribution in [3.63, 3.8) is 0 Å². The van der Waals surface area contributed by atoms with Crippen molar-refractivity contribution < 1.29 is 14.3 Å². The van der Waals surface area contributed by atoms with Crippen LogP contribution in [0.4, 0.5) is 5.00 Å². The molecular formula is C20H16N2O3S. The molecule has 3 rings (SSSR count). The smallest absolute Gasteiger partial charge is 0.256 e. The molecular weight excluding hydrogens is 348 g/mol. The van der Waals surface area contributed by atoms with Crippen LogP contribution in [0.1, 0.15) is 15.9 Å². The lowest BCUT2D eigenvalue weighted by molar-refractivity contribution is 0.102. The van der Waals surface area contributed by atoms with E-state index in [9.17, 15) is 10.1 Å². The average molecular weight is 364 g/mol. The van der Waals surface area contributed by atoms with Crippen LogP contribution in [0, 0.1) is 11.3 Å². The summed E-state index contributed by atoms with van der Waals surface area (Å²) in [5, 5.41) is 14.8. The van der Waals surface area contributed by atoms with Gasteiger partial charge in [0.1, 0.15) is 11.1 Å². The van der Waals surface area contributed by atoms with Crippen LogP contribution in [0.2, 0.25) is 0 Å². The number of nitrogens with one attached hydrogen (secondary N) is 1. The molecule has 0 radical (unpaired) electrons. The first-order valence-electron chi connectivity index (χ1n) is 7.78. The van der Waals surface area contributed by atoms with Gasteiger partial charge in [-0.3, -0.25) is 4.79 Å². The standard InChI is InChI=1S/C20H16N2O3S/c1-24-17-9-8-14(10-18(17)25-2)16-12-26-20(15(16)11-21)22-19(23)13-6-4-3-5-7-13/h3-10,12H,1-2H3,(H,22,23). The Hall–Kier alpha value is -3.30. The van der Waals surface area contributed by atoms with E-state index in [0.717, 1.165) is 11.1 Å². The Morgan fingerprint density at radius 3 is 2.46 bits per heavy atom. The summed E-state index contributed by atoms with van der Waals surface area (Å²) in [5.74, 6) is 0.945. The summed E-state index contributed by atoms with van der Waals surface area (Å²) in [6.45, 7) is 0. The minimum atomic E-state index is -0.247. The van der Waals surface area contributed by atoms with Crippen molar-refractivity contribution in [2.75, 3.05) is 19.5 Å². The molecule has 26 heavy (non-hydrogen) atoms. The second-order valence-electron chi connectivity index (χ2n) is 5.36. The Bertz CT molecular complexity index is 974. The molecule has 0 aliphatic rings. The van der Waals surface area contributed by atoms with Crippen LogP contribution in [-0.2, 0) is 0 Å². The molecule has 0 saturated heterocycles. The number of thiophene rings is 1. The van der Waals surface area contributed by atoms with Crippen LogP contribution in [0.15, 0.2) is 53.9 Å². The summed E-state index contributed by atoms with van der Waals surface area (Å²) in [7, 11) is 3.13. The number of carbonyl (C=O) groups excluding carboxylic acids is 1. The lowest BCUT2D eigenvalue weighted by Gasteiger charge is -2.09. The number of nitrogens with zero attached hydrogens (tertiary/aromatic N) is 1. The van der Waals surface area contributed by atoms with Gasteiger partial charge >= 0.3 is 0 Å². The van der Waals surface area contributed by atoms with Crippen LogP contribution in [0.3, 0.4) is 0 Å². The zero-order valence-corrected chi connectivity index (χ0v) is 15.1. The van der Waals surface area contributed by atoms with Gasteiger partial charge in [-0.25, -0.2) is 0 Å². The first-order chi connectivity index (χ1) is 12.7. The molecule has 0 atom stereocenters. The number of nitriles is 1. The molecule has 0 aliphatic carbocycles. The van der Waals surface area contributed by atoms with Gasteiger partial charge in [-0.1, -0.05) is 24.3 Å². The van der Waals surface area contributed by atoms with Gasteiger partial charge in [0.2, 0.25) is 0 Å². The van der Waals surface area contributed by atoms with E-state index in [4.69, 9.17) is 9.47 Å². The summed E-state index contributed by atoms with van der Waals surface area (Å²) in [6.07, 6.45) is 0. The van der Waals surface area contributed by atoms with Crippen LogP contribution < -0.4 is 14.8 Å². The molecule has 0 spiro atoms. The Kier molecular flexibility index (Phi) is 5.20. The van der Waals surface area contributed by atoms with E-state index in [1.165, 1.54) is 11.3 Å². The second kappa shape index (κ2) is 7.72. The molecule has 0 fully saturated rings. The van der Waals surface area contributed by atoms with Gasteiger partial charge in [0.05, 0.1) is 19.8 Å². The largest absolute Gasteiger partial charge is 0.493 e. The molecule has 6 heteroatoms. The topological polar surface area (TPSA) is 71.3 Å². The highest BCUT2D eigenvalue weighted by Gasteiger charge is 2.17. The molecule has 2 aromatic carbocycles. The summed E-state index contributed by atoms with van der Waals surface area (Å²) >= 11 is 1.32. The number of rotatable bonds is 5. The van der Waals surface area contributed by atoms with Gasteiger partial charge in [0, 0.05) is 16.5 Å². The van der Waals surface area contributed by atoms with Gasteiger partial charge < -0.3 is 14.8 Å².